The van der Waals surface area contributed by atoms with E-state index >= 15 is 0 Å². The Morgan fingerprint density at radius 1 is 1.42 bits per heavy atom. The molecule has 0 unspecified atom stereocenters. The van der Waals surface area contributed by atoms with Crippen LogP contribution in [0.3, 0.4) is 0 Å². The first kappa shape index (κ1) is 14.5. The summed E-state index contributed by atoms with van der Waals surface area (Å²) >= 11 is 3.42. The molecule has 1 heterocycles. The van der Waals surface area contributed by atoms with Crippen molar-refractivity contribution in [2.45, 2.75) is 18.9 Å². The number of carboxylic acids is 1. The molecule has 5 heteroatoms. The van der Waals surface area contributed by atoms with Crippen LogP contribution in [0, 0.1) is 0 Å². The molecule has 19 heavy (non-hydrogen) atoms. The zero-order valence-electron chi connectivity index (χ0n) is 10.7. The van der Waals surface area contributed by atoms with Crippen LogP contribution < -0.4 is 0 Å². The van der Waals surface area contributed by atoms with Gasteiger partial charge in [0.1, 0.15) is 0 Å². The van der Waals surface area contributed by atoms with E-state index in [0.29, 0.717) is 13.0 Å². The van der Waals surface area contributed by atoms with Crippen LogP contribution in [0.2, 0.25) is 0 Å². The predicted octanol–water partition coefficient (Wildman–Crippen LogP) is 2.69. The highest BCUT2D eigenvalue weighted by Crippen LogP contribution is 2.23. The molecule has 1 aliphatic rings. The smallest absolute Gasteiger partial charge is 0.303 e. The topological polar surface area (TPSA) is 49.8 Å². The number of rotatable bonds is 5. The third kappa shape index (κ3) is 4.60. The fourth-order valence-electron chi connectivity index (χ4n) is 2.24. The zero-order valence-corrected chi connectivity index (χ0v) is 12.3. The van der Waals surface area contributed by atoms with Gasteiger partial charge in [-0.25, -0.2) is 0 Å². The quantitative estimate of drug-likeness (QED) is 0.903. The first-order valence-corrected chi connectivity index (χ1v) is 7.25. The predicted molar refractivity (Wildman–Crippen MR) is 76.1 cm³/mol. The Morgan fingerprint density at radius 3 is 2.84 bits per heavy atom. The fraction of sp³-hybridized carbons (Fsp3) is 0.500. The minimum absolute atomic E-state index is 0.0895. The molecule has 2 rings (SSSR count). The molecule has 1 aliphatic heterocycles. The standard InChI is InChI=1S/C14H18BrNO3/c15-12-5-3-11(4-6-12)13-10-16(8-9-19-13)7-1-2-14(17)18/h3-6,13H,1-2,7-10H2,(H,17,18)/t13-/m1/s1. The molecule has 0 radical (unpaired) electrons. The van der Waals surface area contributed by atoms with Gasteiger partial charge in [-0.1, -0.05) is 28.1 Å². The number of benzene rings is 1. The van der Waals surface area contributed by atoms with Gasteiger partial charge >= 0.3 is 5.97 Å². The lowest BCUT2D eigenvalue weighted by Gasteiger charge is -2.33. The molecule has 0 spiro atoms. The number of hydrogen-bond acceptors (Lipinski definition) is 3. The zero-order chi connectivity index (χ0) is 13.7. The largest absolute Gasteiger partial charge is 0.481 e. The Kier molecular flexibility index (Phi) is 5.36. The van der Waals surface area contributed by atoms with E-state index < -0.39 is 5.97 Å². The first-order valence-electron chi connectivity index (χ1n) is 6.46. The van der Waals surface area contributed by atoms with Crippen LogP contribution in [0.25, 0.3) is 0 Å². The molecule has 1 saturated heterocycles. The van der Waals surface area contributed by atoms with E-state index in [1.807, 2.05) is 12.1 Å². The van der Waals surface area contributed by atoms with Gasteiger partial charge in [0.15, 0.2) is 0 Å². The minimum atomic E-state index is -0.724. The highest BCUT2D eigenvalue weighted by atomic mass is 79.9. The van der Waals surface area contributed by atoms with Crippen molar-refractivity contribution in [3.63, 3.8) is 0 Å². The summed E-state index contributed by atoms with van der Waals surface area (Å²) < 4.78 is 6.85. The third-order valence-corrected chi connectivity index (χ3v) is 3.79. The summed E-state index contributed by atoms with van der Waals surface area (Å²) in [7, 11) is 0. The maximum Gasteiger partial charge on any atom is 0.303 e. The number of carbonyl (C=O) groups is 1. The van der Waals surface area contributed by atoms with E-state index in [-0.39, 0.29) is 12.5 Å². The fourth-order valence-corrected chi connectivity index (χ4v) is 2.50. The van der Waals surface area contributed by atoms with Crippen LogP contribution in [0.1, 0.15) is 24.5 Å². The average molecular weight is 328 g/mol. The van der Waals surface area contributed by atoms with Gasteiger partial charge in [0.2, 0.25) is 0 Å². The van der Waals surface area contributed by atoms with Crippen molar-refractivity contribution in [2.75, 3.05) is 26.2 Å². The second-order valence-corrected chi connectivity index (χ2v) is 5.62. The highest BCUT2D eigenvalue weighted by molar-refractivity contribution is 9.10. The molecular formula is C14H18BrNO3. The van der Waals surface area contributed by atoms with Gasteiger partial charge in [-0.05, 0) is 30.7 Å². The lowest BCUT2D eigenvalue weighted by molar-refractivity contribution is -0.137. The van der Waals surface area contributed by atoms with Gasteiger partial charge in [0.05, 0.1) is 12.7 Å². The van der Waals surface area contributed by atoms with Crippen LogP contribution in [0.4, 0.5) is 0 Å². The normalized spacial score (nSPS) is 20.4. The van der Waals surface area contributed by atoms with Gasteiger partial charge in [-0.15, -0.1) is 0 Å². The van der Waals surface area contributed by atoms with E-state index in [2.05, 4.69) is 33.0 Å². The van der Waals surface area contributed by atoms with Crippen molar-refractivity contribution in [2.24, 2.45) is 0 Å². The lowest BCUT2D eigenvalue weighted by Crippen LogP contribution is -2.38. The number of halogens is 1. The van der Waals surface area contributed by atoms with Crippen molar-refractivity contribution in [1.82, 2.24) is 4.90 Å². The first-order chi connectivity index (χ1) is 9.15. The molecule has 4 nitrogen and oxygen atoms in total. The number of hydrogen-bond donors (Lipinski definition) is 1. The molecule has 1 atom stereocenters. The Bertz CT molecular complexity index is 421. The minimum Gasteiger partial charge on any atom is -0.481 e. The van der Waals surface area contributed by atoms with Gasteiger partial charge < -0.3 is 9.84 Å². The van der Waals surface area contributed by atoms with Crippen LogP contribution in [0.15, 0.2) is 28.7 Å². The molecule has 1 aromatic rings. The maximum absolute atomic E-state index is 10.5. The summed E-state index contributed by atoms with van der Waals surface area (Å²) in [6.07, 6.45) is 1.02. The molecule has 0 aliphatic carbocycles. The molecule has 0 bridgehead atoms. The third-order valence-electron chi connectivity index (χ3n) is 3.26. The molecule has 1 N–H and O–H groups in total. The van der Waals surface area contributed by atoms with Gasteiger partial charge in [-0.2, -0.15) is 0 Å². The summed E-state index contributed by atoms with van der Waals surface area (Å²) in [5.74, 6) is -0.724. The number of morpholine rings is 1. The lowest BCUT2D eigenvalue weighted by atomic mass is 10.1. The average Bonchev–Trinajstić information content (AvgIpc) is 2.39. The van der Waals surface area contributed by atoms with Crippen molar-refractivity contribution in [1.29, 1.82) is 0 Å². The molecule has 0 aromatic heterocycles. The Hall–Kier alpha value is -0.910. The second kappa shape index (κ2) is 7.03. The molecule has 1 fully saturated rings. The number of nitrogens with zero attached hydrogens (tertiary/aromatic N) is 1. The van der Waals surface area contributed by atoms with Crippen LogP contribution in [0.5, 0.6) is 0 Å². The summed E-state index contributed by atoms with van der Waals surface area (Å²) in [6.45, 7) is 3.24. The Labute approximate surface area is 121 Å². The van der Waals surface area contributed by atoms with Crippen molar-refractivity contribution in [3.05, 3.63) is 34.3 Å². The van der Waals surface area contributed by atoms with Gasteiger partial charge in [-0.3, -0.25) is 9.69 Å². The Morgan fingerprint density at radius 2 is 2.16 bits per heavy atom. The summed E-state index contributed by atoms with van der Waals surface area (Å²) in [4.78, 5) is 12.8. The SMILES string of the molecule is O=C(O)CCCN1CCO[C@@H](c2ccc(Br)cc2)C1. The number of aliphatic carboxylic acids is 1. The monoisotopic (exact) mass is 327 g/mol. The summed E-state index contributed by atoms with van der Waals surface area (Å²) in [5, 5.41) is 8.65. The summed E-state index contributed by atoms with van der Waals surface area (Å²) in [5.41, 5.74) is 1.17. The van der Waals surface area contributed by atoms with E-state index in [0.717, 1.165) is 24.1 Å². The number of carboxylic acid groups (broad SMARTS) is 1. The van der Waals surface area contributed by atoms with Crippen molar-refractivity contribution >= 4 is 21.9 Å². The van der Waals surface area contributed by atoms with Crippen molar-refractivity contribution < 1.29 is 14.6 Å². The van der Waals surface area contributed by atoms with Crippen LogP contribution in [-0.2, 0) is 9.53 Å². The molecular weight excluding hydrogens is 310 g/mol. The van der Waals surface area contributed by atoms with Crippen LogP contribution >= 0.6 is 15.9 Å². The molecule has 104 valence electrons. The molecule has 1 aromatic carbocycles. The van der Waals surface area contributed by atoms with Crippen molar-refractivity contribution in [3.8, 4) is 0 Å². The van der Waals surface area contributed by atoms with E-state index in [9.17, 15) is 4.79 Å². The van der Waals surface area contributed by atoms with Gasteiger partial charge in [0.25, 0.3) is 0 Å². The molecule has 0 amide bonds. The highest BCUT2D eigenvalue weighted by Gasteiger charge is 2.21. The maximum atomic E-state index is 10.5. The Balaban J connectivity index is 1.86. The number of ether oxygens (including phenoxy) is 1. The summed E-state index contributed by atoms with van der Waals surface area (Å²) in [6, 6.07) is 8.16. The van der Waals surface area contributed by atoms with Crippen LogP contribution in [-0.4, -0.2) is 42.2 Å². The van der Waals surface area contributed by atoms with E-state index in [1.54, 1.807) is 0 Å². The molecule has 0 saturated carbocycles. The van der Waals surface area contributed by atoms with E-state index in [4.69, 9.17) is 9.84 Å². The second-order valence-electron chi connectivity index (χ2n) is 4.71. The van der Waals surface area contributed by atoms with Gasteiger partial charge in [0, 0.05) is 24.0 Å². The van der Waals surface area contributed by atoms with E-state index in [1.165, 1.54) is 5.56 Å².